The predicted molar refractivity (Wildman–Crippen MR) is 56.2 cm³/mol. The van der Waals surface area contributed by atoms with Gasteiger partial charge >= 0.3 is 5.97 Å². The Kier molecular flexibility index (Phi) is 4.08. The van der Waals surface area contributed by atoms with Crippen molar-refractivity contribution in [2.24, 2.45) is 0 Å². The zero-order chi connectivity index (χ0) is 12.0. The second-order valence-corrected chi connectivity index (χ2v) is 2.91. The fraction of sp³-hybridized carbons (Fsp3) is 0.0909. The molecule has 1 aromatic rings. The van der Waals surface area contributed by atoms with E-state index in [2.05, 4.69) is 0 Å². The number of carbonyl (C=O) groups excluding carboxylic acids is 1. The van der Waals surface area contributed by atoms with E-state index in [9.17, 15) is 9.59 Å². The first-order valence-electron chi connectivity index (χ1n) is 4.42. The van der Waals surface area contributed by atoms with Crippen LogP contribution in [0, 0.1) is 0 Å². The van der Waals surface area contributed by atoms with Gasteiger partial charge in [0.1, 0.15) is 5.75 Å². The van der Waals surface area contributed by atoms with E-state index >= 15 is 0 Å². The first-order chi connectivity index (χ1) is 7.67. The van der Waals surface area contributed by atoms with Gasteiger partial charge in [-0.3, -0.25) is 4.79 Å². The molecule has 0 radical (unpaired) electrons. The Balaban J connectivity index is 2.75. The Morgan fingerprint density at radius 2 is 1.94 bits per heavy atom. The second-order valence-electron chi connectivity index (χ2n) is 2.91. The molecule has 5 nitrogen and oxygen atoms in total. The molecule has 0 amide bonds. The Morgan fingerprint density at radius 3 is 2.38 bits per heavy atom. The molecule has 0 aliphatic heterocycles. The van der Waals surface area contributed by atoms with E-state index in [-0.39, 0.29) is 5.57 Å². The summed E-state index contributed by atoms with van der Waals surface area (Å²) in [4.78, 5) is 20.7. The monoisotopic (exact) mass is 222 g/mol. The summed E-state index contributed by atoms with van der Waals surface area (Å²) in [6, 6.07) is 6.14. The van der Waals surface area contributed by atoms with Crippen LogP contribution < -0.4 is 4.74 Å². The predicted octanol–water partition coefficient (Wildman–Crippen LogP) is 1.25. The van der Waals surface area contributed by atoms with Gasteiger partial charge in [-0.1, -0.05) is 12.1 Å². The molecule has 0 bridgehead atoms. The maximum atomic E-state index is 10.5. The fourth-order valence-electron chi connectivity index (χ4n) is 1.06. The third-order valence-corrected chi connectivity index (χ3v) is 1.82. The fourth-order valence-corrected chi connectivity index (χ4v) is 1.06. The number of aliphatic carboxylic acids is 1. The van der Waals surface area contributed by atoms with Crippen LogP contribution in [0.2, 0.25) is 0 Å². The summed E-state index contributed by atoms with van der Waals surface area (Å²) in [5.41, 5.74) is 0.671. The Hall–Kier alpha value is -2.30. The molecule has 0 saturated heterocycles. The number of allylic oxidation sites excluding steroid dienone is 1. The molecule has 0 aliphatic carbocycles. The molecular weight excluding hydrogens is 212 g/mol. The third kappa shape index (κ3) is 3.13. The van der Waals surface area contributed by atoms with Crippen molar-refractivity contribution >= 4 is 17.8 Å². The van der Waals surface area contributed by atoms with Crippen molar-refractivity contribution in [2.45, 2.75) is 0 Å². The summed E-state index contributed by atoms with van der Waals surface area (Å²) in [6.07, 6.45) is 1.23. The molecule has 0 atom stereocenters. The maximum Gasteiger partial charge on any atom is 0.341 e. The molecule has 0 spiro atoms. The zero-order valence-corrected chi connectivity index (χ0v) is 8.29. The number of benzene rings is 1. The van der Waals surface area contributed by atoms with Gasteiger partial charge in [0.2, 0.25) is 0 Å². The summed E-state index contributed by atoms with van der Waals surface area (Å²) in [6.45, 7) is -0.421. The summed E-state index contributed by atoms with van der Waals surface area (Å²) in [5, 5.41) is 17.1. The van der Waals surface area contributed by atoms with Gasteiger partial charge < -0.3 is 14.9 Å². The molecule has 0 saturated carbocycles. The highest BCUT2D eigenvalue weighted by molar-refractivity contribution is 6.06. The largest absolute Gasteiger partial charge is 0.515 e. The first-order valence-corrected chi connectivity index (χ1v) is 4.42. The average molecular weight is 222 g/mol. The van der Waals surface area contributed by atoms with Crippen LogP contribution in [0.1, 0.15) is 5.56 Å². The minimum absolute atomic E-state index is 0.143. The number of hydrogen-bond acceptors (Lipinski definition) is 4. The lowest BCUT2D eigenvalue weighted by Gasteiger charge is -2.04. The van der Waals surface area contributed by atoms with Crippen molar-refractivity contribution in [1.29, 1.82) is 0 Å². The van der Waals surface area contributed by atoms with Crippen LogP contribution in [0.4, 0.5) is 0 Å². The smallest absolute Gasteiger partial charge is 0.341 e. The van der Waals surface area contributed by atoms with Crippen molar-refractivity contribution in [1.82, 2.24) is 0 Å². The van der Waals surface area contributed by atoms with Crippen molar-refractivity contribution < 1.29 is 24.5 Å². The van der Waals surface area contributed by atoms with E-state index in [4.69, 9.17) is 14.9 Å². The molecule has 1 rings (SSSR count). The molecular formula is C11H10O5. The number of carbonyl (C=O) groups is 2. The lowest BCUT2D eigenvalue weighted by Crippen LogP contribution is -2.09. The molecule has 16 heavy (non-hydrogen) atoms. The first kappa shape index (κ1) is 11.8. The van der Waals surface area contributed by atoms with Gasteiger partial charge in [-0.15, -0.1) is 0 Å². The Labute approximate surface area is 91.6 Å². The highest BCUT2D eigenvalue weighted by atomic mass is 16.5. The van der Waals surface area contributed by atoms with Gasteiger partial charge in [-0.05, 0) is 17.7 Å². The van der Waals surface area contributed by atoms with Crippen molar-refractivity contribution in [3.8, 4) is 5.75 Å². The summed E-state index contributed by atoms with van der Waals surface area (Å²) >= 11 is 0. The molecule has 0 fully saturated rings. The van der Waals surface area contributed by atoms with Crippen molar-refractivity contribution in [3.63, 3.8) is 0 Å². The van der Waals surface area contributed by atoms with Crippen LogP contribution in [-0.4, -0.2) is 29.1 Å². The maximum absolute atomic E-state index is 10.5. The summed E-state index contributed by atoms with van der Waals surface area (Å²) < 4.78 is 4.90. The number of aliphatic hydroxyl groups excluding tert-OH is 1. The minimum atomic E-state index is -1.06. The van der Waals surface area contributed by atoms with E-state index in [1.165, 1.54) is 12.1 Å². The molecule has 84 valence electrons. The van der Waals surface area contributed by atoms with E-state index in [1.807, 2.05) is 0 Å². The van der Waals surface area contributed by atoms with Crippen LogP contribution in [0.15, 0.2) is 30.5 Å². The number of carboxylic acid groups (broad SMARTS) is 1. The molecule has 0 unspecified atom stereocenters. The van der Waals surface area contributed by atoms with Crippen LogP contribution in [0.3, 0.4) is 0 Å². The topological polar surface area (TPSA) is 83.8 Å². The van der Waals surface area contributed by atoms with Gasteiger partial charge in [0, 0.05) is 0 Å². The average Bonchev–Trinajstić information content (AvgIpc) is 2.29. The van der Waals surface area contributed by atoms with Crippen molar-refractivity contribution in [3.05, 3.63) is 36.1 Å². The van der Waals surface area contributed by atoms with Gasteiger partial charge in [0.15, 0.2) is 12.9 Å². The molecule has 0 aliphatic rings. The van der Waals surface area contributed by atoms with Crippen molar-refractivity contribution in [2.75, 3.05) is 6.61 Å². The molecule has 2 N–H and O–H groups in total. The summed E-state index contributed by atoms with van der Waals surface area (Å²) in [7, 11) is 0. The zero-order valence-electron chi connectivity index (χ0n) is 8.29. The highest BCUT2D eigenvalue weighted by Crippen LogP contribution is 2.17. The highest BCUT2D eigenvalue weighted by Gasteiger charge is 2.02. The van der Waals surface area contributed by atoms with Crippen LogP contribution in [-0.2, 0) is 9.59 Å². The quantitative estimate of drug-likeness (QED) is 0.445. The number of hydrogen-bond donors (Lipinski definition) is 2. The Morgan fingerprint density at radius 1 is 1.31 bits per heavy atom. The van der Waals surface area contributed by atoms with E-state index in [1.54, 1.807) is 12.1 Å². The number of ether oxygens (including phenoxy) is 1. The lowest BCUT2D eigenvalue weighted by molar-refractivity contribution is -0.139. The van der Waals surface area contributed by atoms with E-state index in [0.717, 1.165) is 0 Å². The van der Waals surface area contributed by atoms with Gasteiger partial charge in [0.05, 0.1) is 11.8 Å². The second kappa shape index (κ2) is 5.55. The number of rotatable bonds is 5. The van der Waals surface area contributed by atoms with Gasteiger partial charge in [0.25, 0.3) is 0 Å². The standard InChI is InChI=1S/C11H10O5/c12-5-9(6-13)8-1-3-10(4-2-8)16-7-11(14)15/h1-6,12H,7H2,(H,14,15)/b9-5-. The van der Waals surface area contributed by atoms with Crippen LogP contribution in [0.5, 0.6) is 5.75 Å². The Bertz CT molecular complexity index is 405. The SMILES string of the molecule is O=C/C(=C/O)c1ccc(OCC(=O)O)cc1. The lowest BCUT2D eigenvalue weighted by atomic mass is 10.1. The number of carboxylic acids is 1. The minimum Gasteiger partial charge on any atom is -0.515 e. The van der Waals surface area contributed by atoms with Crippen LogP contribution >= 0.6 is 0 Å². The third-order valence-electron chi connectivity index (χ3n) is 1.82. The van der Waals surface area contributed by atoms with Gasteiger partial charge in [-0.25, -0.2) is 4.79 Å². The molecule has 5 heteroatoms. The molecule has 0 aromatic heterocycles. The number of aliphatic hydroxyl groups is 1. The van der Waals surface area contributed by atoms with Crippen LogP contribution in [0.25, 0.3) is 5.57 Å². The summed E-state index contributed by atoms with van der Waals surface area (Å²) in [5.74, 6) is -0.678. The van der Waals surface area contributed by atoms with E-state index in [0.29, 0.717) is 23.9 Å². The van der Waals surface area contributed by atoms with E-state index < -0.39 is 12.6 Å². The molecule has 1 aromatic carbocycles. The van der Waals surface area contributed by atoms with Gasteiger partial charge in [-0.2, -0.15) is 0 Å². The normalized spacial score (nSPS) is 10.9. The molecule has 0 heterocycles. The number of aldehydes is 1.